The van der Waals surface area contributed by atoms with Gasteiger partial charge < -0.3 is 10.2 Å². The predicted molar refractivity (Wildman–Crippen MR) is 76.1 cm³/mol. The first kappa shape index (κ1) is 18.3. The van der Waals surface area contributed by atoms with Gasteiger partial charge >= 0.3 is 0 Å². The molecule has 1 N–H and O–H groups in total. The lowest BCUT2D eigenvalue weighted by Gasteiger charge is -2.13. The van der Waals surface area contributed by atoms with E-state index >= 15 is 0 Å². The summed E-state index contributed by atoms with van der Waals surface area (Å²) in [7, 11) is 0. The van der Waals surface area contributed by atoms with Gasteiger partial charge in [0, 0.05) is 0 Å². The van der Waals surface area contributed by atoms with E-state index in [2.05, 4.69) is 51.8 Å². The van der Waals surface area contributed by atoms with Crippen molar-refractivity contribution in [2.75, 3.05) is 32.7 Å². The van der Waals surface area contributed by atoms with Gasteiger partial charge in [-0.15, -0.1) is 0 Å². The quantitative estimate of drug-likeness (QED) is 0.688. The second-order valence-electron chi connectivity index (χ2n) is 4.11. The van der Waals surface area contributed by atoms with Gasteiger partial charge in [0.25, 0.3) is 0 Å². The molecule has 0 aliphatic heterocycles. The van der Waals surface area contributed by atoms with Gasteiger partial charge in [-0.25, -0.2) is 0 Å². The SMILES string of the molecule is CCN(CC)CC.CCNCC(CC)CC. The van der Waals surface area contributed by atoms with Crippen molar-refractivity contribution in [2.24, 2.45) is 5.92 Å². The van der Waals surface area contributed by atoms with Crippen LogP contribution >= 0.6 is 0 Å². The van der Waals surface area contributed by atoms with Crippen LogP contribution in [0.3, 0.4) is 0 Å². The molecule has 0 atom stereocenters. The molecule has 0 bridgehead atoms. The minimum absolute atomic E-state index is 0.893. The van der Waals surface area contributed by atoms with Gasteiger partial charge in [-0.2, -0.15) is 0 Å². The number of hydrogen-bond acceptors (Lipinski definition) is 2. The Morgan fingerprint density at radius 1 is 0.812 bits per heavy atom. The Balaban J connectivity index is 0. The van der Waals surface area contributed by atoms with Gasteiger partial charge in [-0.05, 0) is 38.6 Å². The third kappa shape index (κ3) is 12.0. The van der Waals surface area contributed by atoms with Crippen molar-refractivity contribution in [2.45, 2.75) is 54.4 Å². The largest absolute Gasteiger partial charge is 0.317 e. The van der Waals surface area contributed by atoms with Crippen LogP contribution in [0.5, 0.6) is 0 Å². The molecule has 0 radical (unpaired) electrons. The number of hydrogen-bond donors (Lipinski definition) is 1. The van der Waals surface area contributed by atoms with Crippen molar-refractivity contribution in [3.05, 3.63) is 0 Å². The molecule has 0 unspecified atom stereocenters. The van der Waals surface area contributed by atoms with Crippen LogP contribution in [-0.4, -0.2) is 37.6 Å². The highest BCUT2D eigenvalue weighted by molar-refractivity contribution is 4.56. The highest BCUT2D eigenvalue weighted by Crippen LogP contribution is 2.04. The topological polar surface area (TPSA) is 15.3 Å². The lowest BCUT2D eigenvalue weighted by Crippen LogP contribution is -2.21. The number of rotatable bonds is 8. The lowest BCUT2D eigenvalue weighted by atomic mass is 10.0. The van der Waals surface area contributed by atoms with E-state index in [1.54, 1.807) is 0 Å². The van der Waals surface area contributed by atoms with Crippen molar-refractivity contribution >= 4 is 0 Å². The molecule has 16 heavy (non-hydrogen) atoms. The second-order valence-corrected chi connectivity index (χ2v) is 4.11. The molecule has 2 heteroatoms. The highest BCUT2D eigenvalue weighted by Gasteiger charge is 1.99. The smallest absolute Gasteiger partial charge is 0.00208 e. The van der Waals surface area contributed by atoms with Crippen LogP contribution in [0.4, 0.5) is 0 Å². The predicted octanol–water partition coefficient (Wildman–Crippen LogP) is 3.38. The van der Waals surface area contributed by atoms with E-state index in [-0.39, 0.29) is 0 Å². The average molecular weight is 230 g/mol. The van der Waals surface area contributed by atoms with E-state index in [1.165, 1.54) is 39.0 Å². The molecule has 2 nitrogen and oxygen atoms in total. The first-order valence-electron chi connectivity index (χ1n) is 7.12. The first-order valence-corrected chi connectivity index (χ1v) is 7.12. The Kier molecular flexibility index (Phi) is 17.1. The van der Waals surface area contributed by atoms with Gasteiger partial charge in [0.2, 0.25) is 0 Å². The first-order chi connectivity index (χ1) is 7.69. The number of nitrogens with one attached hydrogen (secondary N) is 1. The third-order valence-corrected chi connectivity index (χ3v) is 3.18. The van der Waals surface area contributed by atoms with Crippen molar-refractivity contribution in [1.29, 1.82) is 0 Å². The van der Waals surface area contributed by atoms with Crippen LogP contribution in [0, 0.1) is 5.92 Å². The third-order valence-electron chi connectivity index (χ3n) is 3.18. The summed E-state index contributed by atoms with van der Waals surface area (Å²) in [5, 5.41) is 3.35. The molecular formula is C14H34N2. The van der Waals surface area contributed by atoms with Crippen LogP contribution in [0.1, 0.15) is 54.4 Å². The van der Waals surface area contributed by atoms with E-state index in [0.29, 0.717) is 0 Å². The fourth-order valence-corrected chi connectivity index (χ4v) is 1.60. The van der Waals surface area contributed by atoms with E-state index in [1.807, 2.05) is 0 Å². The van der Waals surface area contributed by atoms with Crippen LogP contribution in [0.15, 0.2) is 0 Å². The Morgan fingerprint density at radius 2 is 1.25 bits per heavy atom. The Labute approximate surface area is 104 Å². The van der Waals surface area contributed by atoms with Gasteiger partial charge in [0.1, 0.15) is 0 Å². The van der Waals surface area contributed by atoms with Crippen molar-refractivity contribution in [3.8, 4) is 0 Å². The second kappa shape index (κ2) is 14.9. The van der Waals surface area contributed by atoms with E-state index < -0.39 is 0 Å². The fourth-order valence-electron chi connectivity index (χ4n) is 1.60. The van der Waals surface area contributed by atoms with Crippen molar-refractivity contribution in [1.82, 2.24) is 10.2 Å². The lowest BCUT2D eigenvalue weighted by molar-refractivity contribution is 0.321. The summed E-state index contributed by atoms with van der Waals surface area (Å²) < 4.78 is 0. The molecule has 0 heterocycles. The monoisotopic (exact) mass is 230 g/mol. The number of nitrogens with zero attached hydrogens (tertiary/aromatic N) is 1. The zero-order valence-electron chi connectivity index (χ0n) is 12.5. The molecule has 0 saturated carbocycles. The van der Waals surface area contributed by atoms with E-state index in [9.17, 15) is 0 Å². The van der Waals surface area contributed by atoms with Crippen LogP contribution in [0.2, 0.25) is 0 Å². The molecule has 0 aromatic rings. The maximum Gasteiger partial charge on any atom is -0.00208 e. The summed E-state index contributed by atoms with van der Waals surface area (Å²) in [5.41, 5.74) is 0. The molecule has 0 aliphatic carbocycles. The molecule has 0 spiro atoms. The van der Waals surface area contributed by atoms with E-state index in [0.717, 1.165) is 12.5 Å². The Morgan fingerprint density at radius 3 is 1.44 bits per heavy atom. The van der Waals surface area contributed by atoms with Gasteiger partial charge in [-0.1, -0.05) is 54.4 Å². The summed E-state index contributed by atoms with van der Waals surface area (Å²) >= 11 is 0. The standard InChI is InChI=1S/C8H19N.C6H15N/c1-4-8(5-2)7-9-6-3;1-4-7(5-2)6-3/h8-9H,4-7H2,1-3H3;4-6H2,1-3H3. The summed E-state index contributed by atoms with van der Waals surface area (Å²) in [6, 6.07) is 0. The molecule has 0 aromatic heterocycles. The zero-order chi connectivity index (χ0) is 12.8. The van der Waals surface area contributed by atoms with Crippen molar-refractivity contribution in [3.63, 3.8) is 0 Å². The summed E-state index contributed by atoms with van der Waals surface area (Å²) in [6.45, 7) is 19.1. The molecule has 0 aromatic carbocycles. The van der Waals surface area contributed by atoms with Gasteiger partial charge in [0.05, 0.1) is 0 Å². The van der Waals surface area contributed by atoms with Crippen LogP contribution in [0.25, 0.3) is 0 Å². The summed E-state index contributed by atoms with van der Waals surface area (Å²) in [5.74, 6) is 0.893. The Hall–Kier alpha value is -0.0800. The van der Waals surface area contributed by atoms with Crippen molar-refractivity contribution < 1.29 is 0 Å². The average Bonchev–Trinajstić information content (AvgIpc) is 2.34. The summed E-state index contributed by atoms with van der Waals surface area (Å²) in [4.78, 5) is 2.38. The minimum atomic E-state index is 0.893. The van der Waals surface area contributed by atoms with Crippen LogP contribution in [-0.2, 0) is 0 Å². The molecule has 100 valence electrons. The fraction of sp³-hybridized carbons (Fsp3) is 1.00. The molecule has 0 saturated heterocycles. The maximum absolute atomic E-state index is 3.35. The van der Waals surface area contributed by atoms with Crippen LogP contribution < -0.4 is 5.32 Å². The Bertz CT molecular complexity index is 102. The van der Waals surface area contributed by atoms with Gasteiger partial charge in [0.15, 0.2) is 0 Å². The van der Waals surface area contributed by atoms with E-state index in [4.69, 9.17) is 0 Å². The maximum atomic E-state index is 3.35. The highest BCUT2D eigenvalue weighted by atomic mass is 15.1. The molecular weight excluding hydrogens is 196 g/mol. The normalized spacial score (nSPS) is 10.5. The molecule has 0 fully saturated rings. The van der Waals surface area contributed by atoms with Gasteiger partial charge in [-0.3, -0.25) is 0 Å². The zero-order valence-corrected chi connectivity index (χ0v) is 12.5. The molecule has 0 amide bonds. The summed E-state index contributed by atoms with van der Waals surface area (Å²) in [6.07, 6.45) is 2.62. The molecule has 0 aliphatic rings. The molecule has 0 rings (SSSR count). The minimum Gasteiger partial charge on any atom is -0.317 e.